The Balaban J connectivity index is 1.34. The van der Waals surface area contributed by atoms with Gasteiger partial charge in [-0.15, -0.1) is 0 Å². The molecule has 11 heteroatoms. The highest BCUT2D eigenvalue weighted by Crippen LogP contribution is 2.35. The lowest BCUT2D eigenvalue weighted by Crippen LogP contribution is -2.47. The molecular formula is C27H32N8O3. The third-order valence-electron chi connectivity index (χ3n) is 7.01. The molecule has 1 aliphatic heterocycles. The quantitative estimate of drug-likeness (QED) is 0.259. The zero-order valence-corrected chi connectivity index (χ0v) is 21.7. The highest BCUT2D eigenvalue weighted by Gasteiger charge is 2.19. The average Bonchev–Trinajstić information content (AvgIpc) is 3.53. The van der Waals surface area contributed by atoms with Crippen LogP contribution in [0.4, 0.5) is 5.69 Å². The molecule has 0 spiro atoms. The Labute approximate surface area is 220 Å². The van der Waals surface area contributed by atoms with E-state index in [2.05, 4.69) is 32.1 Å². The van der Waals surface area contributed by atoms with E-state index in [-0.39, 0.29) is 18.0 Å². The summed E-state index contributed by atoms with van der Waals surface area (Å²) in [4.78, 5) is 35.8. The molecule has 1 fully saturated rings. The number of non-ortho nitro benzene ring substituents is 1. The van der Waals surface area contributed by atoms with Crippen molar-refractivity contribution >= 4 is 22.6 Å². The summed E-state index contributed by atoms with van der Waals surface area (Å²) < 4.78 is 1.85. The van der Waals surface area contributed by atoms with Gasteiger partial charge in [0.2, 0.25) is 5.91 Å². The number of amides is 1. The molecule has 4 aromatic rings. The number of nitrogens with zero attached hydrogens (tertiary/aromatic N) is 6. The van der Waals surface area contributed by atoms with Crippen molar-refractivity contribution in [2.45, 2.75) is 19.9 Å². The molecule has 1 aromatic carbocycles. The maximum Gasteiger partial charge on any atom is 0.269 e. The van der Waals surface area contributed by atoms with E-state index in [9.17, 15) is 14.9 Å². The molecule has 0 unspecified atom stereocenters. The number of nitro benzene ring substituents is 1. The lowest BCUT2D eigenvalue weighted by atomic mass is 10.00. The van der Waals surface area contributed by atoms with Crippen molar-refractivity contribution in [2.75, 3.05) is 46.3 Å². The van der Waals surface area contributed by atoms with Gasteiger partial charge in [-0.1, -0.05) is 0 Å². The van der Waals surface area contributed by atoms with Crippen molar-refractivity contribution in [1.82, 2.24) is 34.9 Å². The Morgan fingerprint density at radius 3 is 2.61 bits per heavy atom. The third kappa shape index (κ3) is 5.58. The van der Waals surface area contributed by atoms with E-state index in [0.717, 1.165) is 66.2 Å². The maximum atomic E-state index is 12.7. The van der Waals surface area contributed by atoms with Gasteiger partial charge in [0.25, 0.3) is 5.69 Å². The lowest BCUT2D eigenvalue weighted by Gasteiger charge is -2.32. The Hall–Kier alpha value is -4.09. The van der Waals surface area contributed by atoms with Gasteiger partial charge >= 0.3 is 0 Å². The normalized spacial score (nSPS) is 14.7. The average molecular weight is 517 g/mol. The van der Waals surface area contributed by atoms with Gasteiger partial charge < -0.3 is 15.2 Å². The first-order chi connectivity index (χ1) is 18.4. The van der Waals surface area contributed by atoms with Crippen molar-refractivity contribution < 1.29 is 9.72 Å². The molecule has 0 aliphatic carbocycles. The number of fused-ring (bicyclic) bond motifs is 1. The van der Waals surface area contributed by atoms with E-state index in [4.69, 9.17) is 5.10 Å². The number of piperazine rings is 1. The van der Waals surface area contributed by atoms with Gasteiger partial charge in [-0.05, 0) is 43.8 Å². The van der Waals surface area contributed by atoms with Crippen molar-refractivity contribution in [3.63, 3.8) is 0 Å². The molecule has 5 rings (SSSR count). The van der Waals surface area contributed by atoms with Gasteiger partial charge in [0.05, 0.1) is 11.3 Å². The van der Waals surface area contributed by atoms with Crippen molar-refractivity contribution in [3.8, 4) is 22.4 Å². The van der Waals surface area contributed by atoms with Crippen LogP contribution in [0.3, 0.4) is 0 Å². The number of benzene rings is 1. The van der Waals surface area contributed by atoms with Crippen LogP contribution in [0.1, 0.15) is 12.6 Å². The van der Waals surface area contributed by atoms with E-state index in [0.29, 0.717) is 18.7 Å². The van der Waals surface area contributed by atoms with Crippen LogP contribution in [0.15, 0.2) is 48.8 Å². The van der Waals surface area contributed by atoms with Crippen LogP contribution in [-0.2, 0) is 17.8 Å². The zero-order valence-electron chi connectivity index (χ0n) is 21.7. The molecule has 0 atom stereocenters. The number of rotatable bonds is 9. The van der Waals surface area contributed by atoms with E-state index in [1.54, 1.807) is 18.3 Å². The second kappa shape index (κ2) is 11.1. The number of aryl methyl sites for hydroxylation is 1. The van der Waals surface area contributed by atoms with Crippen LogP contribution in [0.2, 0.25) is 0 Å². The second-order valence-electron chi connectivity index (χ2n) is 9.64. The highest BCUT2D eigenvalue weighted by molar-refractivity contribution is 5.97. The van der Waals surface area contributed by atoms with E-state index in [1.165, 1.54) is 12.1 Å². The molecule has 11 nitrogen and oxygen atoms in total. The first kappa shape index (κ1) is 25.6. The number of hydrogen-bond donors (Lipinski definition) is 2. The second-order valence-corrected chi connectivity index (χ2v) is 9.64. The minimum absolute atomic E-state index is 0.0300. The van der Waals surface area contributed by atoms with Crippen molar-refractivity contribution in [3.05, 3.63) is 64.6 Å². The van der Waals surface area contributed by atoms with Gasteiger partial charge in [0, 0.05) is 92.5 Å². The Morgan fingerprint density at radius 2 is 1.89 bits per heavy atom. The van der Waals surface area contributed by atoms with Crippen LogP contribution in [-0.4, -0.2) is 86.7 Å². The summed E-state index contributed by atoms with van der Waals surface area (Å²) >= 11 is 0. The number of carbonyl (C=O) groups excluding carboxylic acids is 1. The monoisotopic (exact) mass is 516 g/mol. The topological polar surface area (TPSA) is 125 Å². The number of hydrogen-bond acceptors (Lipinski definition) is 7. The first-order valence-electron chi connectivity index (χ1n) is 12.9. The number of H-pyrrole nitrogens is 1. The van der Waals surface area contributed by atoms with Gasteiger partial charge in [-0.2, -0.15) is 5.10 Å². The zero-order chi connectivity index (χ0) is 26.6. The molecule has 38 heavy (non-hydrogen) atoms. The molecule has 0 radical (unpaired) electrons. The predicted molar refractivity (Wildman–Crippen MR) is 146 cm³/mol. The molecule has 3 aromatic heterocycles. The van der Waals surface area contributed by atoms with Crippen LogP contribution in [0.5, 0.6) is 0 Å². The number of likely N-dealkylation sites (N-methyl/N-ethyl adjacent to an activating group) is 1. The van der Waals surface area contributed by atoms with E-state index < -0.39 is 4.92 Å². The molecule has 1 amide bonds. The minimum Gasteiger partial charge on any atom is -0.354 e. The molecule has 2 N–H and O–H groups in total. The number of nitrogens with one attached hydrogen (secondary N) is 2. The summed E-state index contributed by atoms with van der Waals surface area (Å²) in [5, 5.41) is 19.8. The van der Waals surface area contributed by atoms with E-state index in [1.807, 2.05) is 29.9 Å². The molecule has 198 valence electrons. The number of aromatic nitrogens is 4. The molecule has 1 saturated heterocycles. The number of nitro groups is 1. The summed E-state index contributed by atoms with van der Waals surface area (Å²) in [7, 11) is 2.13. The van der Waals surface area contributed by atoms with Crippen LogP contribution in [0, 0.1) is 10.1 Å². The summed E-state index contributed by atoms with van der Waals surface area (Å²) in [6, 6.07) is 10.3. The fourth-order valence-corrected chi connectivity index (χ4v) is 4.81. The Morgan fingerprint density at radius 1 is 1.13 bits per heavy atom. The third-order valence-corrected chi connectivity index (χ3v) is 7.01. The van der Waals surface area contributed by atoms with Gasteiger partial charge in [-0.25, -0.2) is 4.98 Å². The molecule has 0 saturated carbocycles. The summed E-state index contributed by atoms with van der Waals surface area (Å²) in [6.07, 6.45) is 3.95. The van der Waals surface area contributed by atoms with Gasteiger partial charge in [-0.3, -0.25) is 24.5 Å². The standard InChI is InChI=1S/C27H32N8O3/c1-3-34-18-24(26(31-34)19-4-6-21(7-5-19)35(37)38)22-8-9-29-27-23(22)16-20(30-27)17-25(36)28-10-11-33-14-12-32(2)13-15-33/h4-9,16,18H,3,10-15,17H2,1-2H3,(H,28,36)(H,29,30). The molecule has 4 heterocycles. The van der Waals surface area contributed by atoms with Crippen LogP contribution >= 0.6 is 0 Å². The summed E-state index contributed by atoms with van der Waals surface area (Å²) in [6.45, 7) is 8.34. The highest BCUT2D eigenvalue weighted by atomic mass is 16.6. The summed E-state index contributed by atoms with van der Waals surface area (Å²) in [5.74, 6) is -0.0300. The fourth-order valence-electron chi connectivity index (χ4n) is 4.81. The SMILES string of the molecule is CCn1cc(-c2ccnc3[nH]c(CC(=O)NCCN4CCN(C)CC4)cc23)c(-c2ccc([N+](=O)[O-])cc2)n1. The first-order valence-corrected chi connectivity index (χ1v) is 12.9. The minimum atomic E-state index is -0.411. The largest absolute Gasteiger partial charge is 0.354 e. The van der Waals surface area contributed by atoms with Gasteiger partial charge in [0.15, 0.2) is 0 Å². The smallest absolute Gasteiger partial charge is 0.269 e. The fraction of sp³-hybridized carbons (Fsp3) is 0.370. The number of carbonyl (C=O) groups is 1. The predicted octanol–water partition coefficient (Wildman–Crippen LogP) is 2.93. The van der Waals surface area contributed by atoms with Crippen LogP contribution in [0.25, 0.3) is 33.4 Å². The lowest BCUT2D eigenvalue weighted by molar-refractivity contribution is -0.384. The van der Waals surface area contributed by atoms with E-state index >= 15 is 0 Å². The molecular weight excluding hydrogens is 484 g/mol. The maximum absolute atomic E-state index is 12.7. The molecule has 1 aliphatic rings. The number of aromatic amines is 1. The molecule has 0 bridgehead atoms. The summed E-state index contributed by atoms with van der Waals surface area (Å²) in [5.41, 5.74) is 4.88. The Kier molecular flexibility index (Phi) is 7.47. The van der Waals surface area contributed by atoms with Crippen molar-refractivity contribution in [2.24, 2.45) is 0 Å². The van der Waals surface area contributed by atoms with Crippen molar-refractivity contribution in [1.29, 1.82) is 0 Å². The number of pyridine rings is 1. The van der Waals surface area contributed by atoms with Gasteiger partial charge in [0.1, 0.15) is 11.3 Å². The Bertz CT molecular complexity index is 1430. The van der Waals surface area contributed by atoms with Crippen LogP contribution < -0.4 is 5.32 Å².